The van der Waals surface area contributed by atoms with Gasteiger partial charge in [0.15, 0.2) is 0 Å². The summed E-state index contributed by atoms with van der Waals surface area (Å²) >= 11 is 1.80. The number of thioether (sulfide) groups is 1. The maximum atomic E-state index is 9.17. The topological polar surface area (TPSA) is 56.0 Å². The molecule has 0 aliphatic heterocycles. The van der Waals surface area contributed by atoms with E-state index in [1.165, 1.54) is 0 Å². The Bertz CT molecular complexity index is 240. The first kappa shape index (κ1) is 16.8. The third-order valence-corrected chi connectivity index (χ3v) is 3.83. The van der Waals surface area contributed by atoms with Gasteiger partial charge in [0.2, 0.25) is 0 Å². The van der Waals surface area contributed by atoms with E-state index in [1.807, 2.05) is 13.8 Å². The minimum atomic E-state index is -0.401. The van der Waals surface area contributed by atoms with Gasteiger partial charge in [-0.3, -0.25) is 5.32 Å². The number of aliphatic hydroxyl groups is 1. The molecule has 0 fully saturated rings. The third-order valence-electron chi connectivity index (χ3n) is 2.58. The molecule has 0 saturated heterocycles. The molecular formula is C13H26N2OS. The van der Waals surface area contributed by atoms with Gasteiger partial charge in [0.1, 0.15) is 5.54 Å². The predicted octanol–water partition coefficient (Wildman–Crippen LogP) is 2.55. The summed E-state index contributed by atoms with van der Waals surface area (Å²) in [5.41, 5.74) is -0.401. The van der Waals surface area contributed by atoms with Crippen molar-refractivity contribution in [2.45, 2.75) is 63.8 Å². The Kier molecular flexibility index (Phi) is 8.67. The first-order valence-corrected chi connectivity index (χ1v) is 7.40. The molecule has 17 heavy (non-hydrogen) atoms. The van der Waals surface area contributed by atoms with Gasteiger partial charge in [-0.15, -0.1) is 0 Å². The highest BCUT2D eigenvalue weighted by atomic mass is 32.2. The van der Waals surface area contributed by atoms with E-state index >= 15 is 0 Å². The summed E-state index contributed by atoms with van der Waals surface area (Å²) in [7, 11) is 0. The van der Waals surface area contributed by atoms with E-state index in [-0.39, 0.29) is 6.61 Å². The van der Waals surface area contributed by atoms with Crippen LogP contribution in [-0.4, -0.2) is 34.3 Å². The van der Waals surface area contributed by atoms with Crippen molar-refractivity contribution in [3.63, 3.8) is 0 Å². The van der Waals surface area contributed by atoms with E-state index in [2.05, 4.69) is 25.2 Å². The molecule has 0 radical (unpaired) electrons. The lowest BCUT2D eigenvalue weighted by Gasteiger charge is -2.25. The molecule has 0 aromatic rings. The van der Waals surface area contributed by atoms with Gasteiger partial charge in [0, 0.05) is 11.3 Å². The highest BCUT2D eigenvalue weighted by Gasteiger charge is 2.23. The van der Waals surface area contributed by atoms with Crippen LogP contribution in [0.15, 0.2) is 0 Å². The summed E-state index contributed by atoms with van der Waals surface area (Å²) in [6.45, 7) is 8.37. The number of nitriles is 1. The molecule has 3 nitrogen and oxygen atoms in total. The second kappa shape index (κ2) is 8.79. The van der Waals surface area contributed by atoms with Gasteiger partial charge in [-0.1, -0.05) is 6.92 Å². The SMILES string of the molecule is CC(C)NC(C)(C#N)CCCCSC(C)CO. The van der Waals surface area contributed by atoms with Crippen molar-refractivity contribution in [3.8, 4) is 6.07 Å². The lowest BCUT2D eigenvalue weighted by atomic mass is 9.96. The van der Waals surface area contributed by atoms with Crippen LogP contribution in [0, 0.1) is 11.3 Å². The van der Waals surface area contributed by atoms with Crippen LogP contribution in [0.2, 0.25) is 0 Å². The summed E-state index contributed by atoms with van der Waals surface area (Å²) in [6, 6.07) is 2.70. The van der Waals surface area contributed by atoms with Crippen molar-refractivity contribution in [1.82, 2.24) is 5.32 Å². The minimum Gasteiger partial charge on any atom is -0.395 e. The minimum absolute atomic E-state index is 0.246. The van der Waals surface area contributed by atoms with E-state index in [9.17, 15) is 0 Å². The van der Waals surface area contributed by atoms with Crippen molar-refractivity contribution in [3.05, 3.63) is 0 Å². The van der Waals surface area contributed by atoms with Crippen LogP contribution in [0.5, 0.6) is 0 Å². The van der Waals surface area contributed by atoms with Crippen LogP contribution in [-0.2, 0) is 0 Å². The van der Waals surface area contributed by atoms with E-state index in [1.54, 1.807) is 11.8 Å². The number of aliphatic hydroxyl groups excluding tert-OH is 1. The molecule has 2 atom stereocenters. The van der Waals surface area contributed by atoms with Crippen molar-refractivity contribution >= 4 is 11.8 Å². The van der Waals surface area contributed by atoms with E-state index in [4.69, 9.17) is 10.4 Å². The normalized spacial score (nSPS) is 16.5. The van der Waals surface area contributed by atoms with E-state index < -0.39 is 5.54 Å². The Morgan fingerprint density at radius 1 is 1.35 bits per heavy atom. The zero-order chi connectivity index (χ0) is 13.3. The van der Waals surface area contributed by atoms with Gasteiger partial charge in [-0.05, 0) is 45.8 Å². The first-order chi connectivity index (χ1) is 7.93. The number of rotatable bonds is 9. The lowest BCUT2D eigenvalue weighted by Crippen LogP contribution is -2.44. The average Bonchev–Trinajstić information content (AvgIpc) is 2.27. The summed E-state index contributed by atoms with van der Waals surface area (Å²) in [4.78, 5) is 0. The molecule has 0 aromatic carbocycles. The zero-order valence-electron chi connectivity index (χ0n) is 11.5. The second-order valence-electron chi connectivity index (χ2n) is 5.06. The first-order valence-electron chi connectivity index (χ1n) is 6.35. The summed E-state index contributed by atoms with van der Waals surface area (Å²) in [5.74, 6) is 1.06. The highest BCUT2D eigenvalue weighted by molar-refractivity contribution is 7.99. The smallest absolute Gasteiger partial charge is 0.104 e. The summed E-state index contributed by atoms with van der Waals surface area (Å²) in [5, 5.41) is 21.7. The Morgan fingerprint density at radius 2 is 2.00 bits per heavy atom. The second-order valence-corrected chi connectivity index (χ2v) is 6.61. The molecule has 0 amide bonds. The molecule has 4 heteroatoms. The Morgan fingerprint density at radius 3 is 2.47 bits per heavy atom. The Labute approximate surface area is 110 Å². The van der Waals surface area contributed by atoms with Crippen molar-refractivity contribution in [2.24, 2.45) is 0 Å². The van der Waals surface area contributed by atoms with Gasteiger partial charge in [0.05, 0.1) is 12.7 Å². The van der Waals surface area contributed by atoms with E-state index in [0.717, 1.165) is 25.0 Å². The number of nitrogens with one attached hydrogen (secondary N) is 1. The maximum absolute atomic E-state index is 9.17. The Hall–Kier alpha value is -0.240. The molecule has 0 saturated carbocycles. The van der Waals surface area contributed by atoms with Gasteiger partial charge >= 0.3 is 0 Å². The van der Waals surface area contributed by atoms with Crippen LogP contribution in [0.25, 0.3) is 0 Å². The molecule has 2 unspecified atom stereocenters. The molecule has 0 heterocycles. The summed E-state index contributed by atoms with van der Waals surface area (Å²) < 4.78 is 0. The van der Waals surface area contributed by atoms with Gasteiger partial charge in [0.25, 0.3) is 0 Å². The summed E-state index contributed by atoms with van der Waals surface area (Å²) in [6.07, 6.45) is 3.04. The maximum Gasteiger partial charge on any atom is 0.104 e. The Balaban J connectivity index is 3.74. The molecule has 0 rings (SSSR count). The van der Waals surface area contributed by atoms with Crippen LogP contribution in [0.4, 0.5) is 0 Å². The largest absolute Gasteiger partial charge is 0.395 e. The standard InChI is InChI=1S/C13H26N2OS/c1-11(2)15-13(4,10-14)7-5-6-8-17-12(3)9-16/h11-12,15-16H,5-9H2,1-4H3. The molecule has 2 N–H and O–H groups in total. The van der Waals surface area contributed by atoms with Crippen LogP contribution in [0.1, 0.15) is 47.0 Å². The fourth-order valence-electron chi connectivity index (χ4n) is 1.72. The van der Waals surface area contributed by atoms with Gasteiger partial charge in [-0.2, -0.15) is 17.0 Å². The van der Waals surface area contributed by atoms with Crippen molar-refractivity contribution < 1.29 is 5.11 Å². The fraction of sp³-hybridized carbons (Fsp3) is 0.923. The molecule has 0 spiro atoms. The molecule has 0 bridgehead atoms. The van der Waals surface area contributed by atoms with Gasteiger partial charge < -0.3 is 5.11 Å². The van der Waals surface area contributed by atoms with Crippen LogP contribution < -0.4 is 5.32 Å². The number of hydrogen-bond acceptors (Lipinski definition) is 4. The quantitative estimate of drug-likeness (QED) is 0.624. The predicted molar refractivity (Wildman–Crippen MR) is 75.1 cm³/mol. The number of hydrogen-bond donors (Lipinski definition) is 2. The molecule has 0 aromatic heterocycles. The van der Waals surface area contributed by atoms with Gasteiger partial charge in [-0.25, -0.2) is 0 Å². The molecule has 0 aliphatic carbocycles. The zero-order valence-corrected chi connectivity index (χ0v) is 12.3. The third kappa shape index (κ3) is 8.48. The van der Waals surface area contributed by atoms with Crippen LogP contribution >= 0.6 is 11.8 Å². The monoisotopic (exact) mass is 258 g/mol. The molecule has 0 aliphatic rings. The highest BCUT2D eigenvalue weighted by Crippen LogP contribution is 2.17. The van der Waals surface area contributed by atoms with Crippen molar-refractivity contribution in [1.29, 1.82) is 5.26 Å². The average molecular weight is 258 g/mol. The molecular weight excluding hydrogens is 232 g/mol. The number of nitrogens with zero attached hydrogens (tertiary/aromatic N) is 1. The van der Waals surface area contributed by atoms with Crippen LogP contribution in [0.3, 0.4) is 0 Å². The lowest BCUT2D eigenvalue weighted by molar-refractivity contribution is 0.300. The molecule has 100 valence electrons. The van der Waals surface area contributed by atoms with Crippen molar-refractivity contribution in [2.75, 3.05) is 12.4 Å². The fourth-order valence-corrected chi connectivity index (χ4v) is 2.59. The van der Waals surface area contributed by atoms with E-state index in [0.29, 0.717) is 11.3 Å². The number of unbranched alkanes of at least 4 members (excludes halogenated alkanes) is 1.